The summed E-state index contributed by atoms with van der Waals surface area (Å²) in [5.74, 6) is -0.630. The molecule has 0 aliphatic heterocycles. The molecule has 2 aromatic rings. The lowest BCUT2D eigenvalue weighted by Gasteiger charge is -2.18. The van der Waals surface area contributed by atoms with Gasteiger partial charge in [0.15, 0.2) is 5.78 Å². The van der Waals surface area contributed by atoms with E-state index in [0.29, 0.717) is 16.8 Å². The van der Waals surface area contributed by atoms with Gasteiger partial charge in [0.1, 0.15) is 12.2 Å². The van der Waals surface area contributed by atoms with Gasteiger partial charge in [-0.1, -0.05) is 0 Å². The fourth-order valence-corrected chi connectivity index (χ4v) is 2.13. The molecule has 0 saturated heterocycles. The first kappa shape index (κ1) is 16.9. The zero-order chi connectivity index (χ0) is 17.2. The number of ketones is 1. The van der Waals surface area contributed by atoms with E-state index < -0.39 is 5.97 Å². The van der Waals surface area contributed by atoms with Crippen LogP contribution in [0.3, 0.4) is 0 Å². The molecule has 2 aromatic heterocycles. The molecule has 0 saturated carbocycles. The molecule has 0 N–H and O–H groups in total. The van der Waals surface area contributed by atoms with Crippen molar-refractivity contribution in [3.63, 3.8) is 0 Å². The van der Waals surface area contributed by atoms with E-state index in [-0.39, 0.29) is 24.5 Å². The van der Waals surface area contributed by atoms with Gasteiger partial charge in [-0.25, -0.2) is 4.79 Å². The van der Waals surface area contributed by atoms with E-state index in [1.165, 1.54) is 10.9 Å². The van der Waals surface area contributed by atoms with Gasteiger partial charge < -0.3 is 4.74 Å². The molecule has 0 aliphatic carbocycles. The lowest BCUT2D eigenvalue weighted by Crippen LogP contribution is -2.22. The molecule has 0 bridgehead atoms. The summed E-state index contributed by atoms with van der Waals surface area (Å²) in [7, 11) is 0. The van der Waals surface area contributed by atoms with Gasteiger partial charge in [-0.15, -0.1) is 0 Å². The lowest BCUT2D eigenvalue weighted by molar-refractivity contribution is 0.0511. The summed E-state index contributed by atoms with van der Waals surface area (Å²) in [6.07, 6.45) is 4.80. The number of carbonyl (C=O) groups excluding carboxylic acids is 2. The van der Waals surface area contributed by atoms with Crippen LogP contribution in [0.5, 0.6) is 0 Å². The maximum absolute atomic E-state index is 12.4. The van der Waals surface area contributed by atoms with E-state index >= 15 is 0 Å². The molecule has 2 rings (SSSR count). The minimum absolute atomic E-state index is 0.0299. The third-order valence-corrected chi connectivity index (χ3v) is 3.38. The van der Waals surface area contributed by atoms with Gasteiger partial charge in [-0.2, -0.15) is 10.2 Å². The summed E-state index contributed by atoms with van der Waals surface area (Å²) < 4.78 is 8.13. The van der Waals surface area contributed by atoms with Crippen molar-refractivity contribution in [1.29, 1.82) is 0 Å². The van der Waals surface area contributed by atoms with Gasteiger partial charge in [0.25, 0.3) is 0 Å². The first-order chi connectivity index (χ1) is 10.7. The molecule has 2 heterocycles. The summed E-state index contributed by atoms with van der Waals surface area (Å²) >= 11 is 0. The number of hydrogen-bond acceptors (Lipinski definition) is 5. The van der Waals surface area contributed by atoms with Crippen molar-refractivity contribution >= 4 is 11.8 Å². The molecule has 0 unspecified atom stereocenters. The molecule has 0 atom stereocenters. The third kappa shape index (κ3) is 3.67. The summed E-state index contributed by atoms with van der Waals surface area (Å²) in [6, 6.07) is 0. The maximum Gasteiger partial charge on any atom is 0.356 e. The normalized spacial score (nSPS) is 11.5. The van der Waals surface area contributed by atoms with Gasteiger partial charge >= 0.3 is 5.97 Å². The first-order valence-electron chi connectivity index (χ1n) is 7.52. The van der Waals surface area contributed by atoms with Crippen LogP contribution in [0.25, 0.3) is 0 Å². The van der Waals surface area contributed by atoms with Crippen LogP contribution in [-0.2, 0) is 16.8 Å². The minimum Gasteiger partial charge on any atom is -0.461 e. The average Bonchev–Trinajstić information content (AvgIpc) is 3.06. The highest BCUT2D eigenvalue weighted by atomic mass is 16.5. The topological polar surface area (TPSA) is 79.0 Å². The standard InChI is InChI=1S/C16H22N4O3/c1-6-23-15(22)14-11(2)7-17-19(14)10-13(21)12-8-18-20(9-12)16(3,4)5/h7-9H,6,10H2,1-5H3. The molecular formula is C16H22N4O3. The lowest BCUT2D eigenvalue weighted by atomic mass is 10.1. The fraction of sp³-hybridized carbons (Fsp3) is 0.500. The highest BCUT2D eigenvalue weighted by molar-refractivity contribution is 5.96. The molecule has 23 heavy (non-hydrogen) atoms. The van der Waals surface area contributed by atoms with Gasteiger partial charge in [-0.05, 0) is 34.6 Å². The zero-order valence-electron chi connectivity index (χ0n) is 14.2. The maximum atomic E-state index is 12.4. The third-order valence-electron chi connectivity index (χ3n) is 3.38. The largest absolute Gasteiger partial charge is 0.461 e. The Hall–Kier alpha value is -2.44. The number of Topliss-reactive ketones (excluding diaryl/α,β-unsaturated/α-hetero) is 1. The Bertz CT molecular complexity index is 722. The summed E-state index contributed by atoms with van der Waals surface area (Å²) in [5.41, 5.74) is 1.28. The monoisotopic (exact) mass is 318 g/mol. The molecule has 0 spiro atoms. The van der Waals surface area contributed by atoms with E-state index in [9.17, 15) is 9.59 Å². The molecule has 0 fully saturated rings. The number of rotatable bonds is 5. The Balaban J connectivity index is 2.21. The van der Waals surface area contributed by atoms with E-state index in [0.717, 1.165) is 0 Å². The van der Waals surface area contributed by atoms with Crippen molar-refractivity contribution in [3.8, 4) is 0 Å². The van der Waals surface area contributed by atoms with Crippen LogP contribution >= 0.6 is 0 Å². The number of hydrogen-bond donors (Lipinski definition) is 0. The van der Waals surface area contributed by atoms with Crippen LogP contribution in [-0.4, -0.2) is 37.9 Å². The number of aromatic nitrogens is 4. The van der Waals surface area contributed by atoms with Crippen molar-refractivity contribution in [1.82, 2.24) is 19.6 Å². The molecule has 124 valence electrons. The fourth-order valence-electron chi connectivity index (χ4n) is 2.13. The molecule has 0 radical (unpaired) electrons. The first-order valence-corrected chi connectivity index (χ1v) is 7.52. The Kier molecular flexibility index (Phi) is 4.68. The van der Waals surface area contributed by atoms with Gasteiger partial charge in [-0.3, -0.25) is 14.2 Å². The van der Waals surface area contributed by atoms with E-state index in [2.05, 4.69) is 10.2 Å². The predicted octanol–water partition coefficient (Wildman–Crippen LogP) is 2.20. The minimum atomic E-state index is -0.472. The molecule has 0 amide bonds. The number of carbonyl (C=O) groups is 2. The Labute approximate surface area is 135 Å². The summed E-state index contributed by atoms with van der Waals surface area (Å²) in [5, 5.41) is 8.32. The van der Waals surface area contributed by atoms with Crippen LogP contribution in [0.15, 0.2) is 18.6 Å². The van der Waals surface area contributed by atoms with Gasteiger partial charge in [0, 0.05) is 11.8 Å². The van der Waals surface area contributed by atoms with E-state index in [1.807, 2.05) is 20.8 Å². The molecule has 0 aromatic carbocycles. The van der Waals surface area contributed by atoms with Crippen LogP contribution in [0.1, 0.15) is 54.1 Å². The predicted molar refractivity (Wildman–Crippen MR) is 84.5 cm³/mol. The number of ether oxygens (including phenoxy) is 1. The average molecular weight is 318 g/mol. The number of nitrogens with zero attached hydrogens (tertiary/aromatic N) is 4. The van der Waals surface area contributed by atoms with Crippen molar-refractivity contribution in [2.75, 3.05) is 6.61 Å². The second-order valence-electron chi connectivity index (χ2n) is 6.32. The van der Waals surface area contributed by atoms with Gasteiger partial charge in [0.2, 0.25) is 0 Å². The van der Waals surface area contributed by atoms with Crippen LogP contribution < -0.4 is 0 Å². The Morgan fingerprint density at radius 3 is 2.48 bits per heavy atom. The second kappa shape index (κ2) is 6.36. The van der Waals surface area contributed by atoms with Gasteiger partial charge in [0.05, 0.1) is 30.1 Å². The SMILES string of the molecule is CCOC(=O)c1c(C)cnn1CC(=O)c1cnn(C(C)(C)C)c1. The highest BCUT2D eigenvalue weighted by Gasteiger charge is 2.21. The van der Waals surface area contributed by atoms with Crippen molar-refractivity contribution in [2.45, 2.75) is 46.7 Å². The van der Waals surface area contributed by atoms with Crippen molar-refractivity contribution in [3.05, 3.63) is 35.4 Å². The van der Waals surface area contributed by atoms with Crippen LogP contribution in [0.4, 0.5) is 0 Å². The number of aryl methyl sites for hydroxylation is 1. The summed E-state index contributed by atoms with van der Waals surface area (Å²) in [4.78, 5) is 24.4. The van der Waals surface area contributed by atoms with Crippen LogP contribution in [0, 0.1) is 6.92 Å². The number of esters is 1. The molecular weight excluding hydrogens is 296 g/mol. The zero-order valence-corrected chi connectivity index (χ0v) is 14.2. The summed E-state index contributed by atoms with van der Waals surface area (Å²) in [6.45, 7) is 9.75. The van der Waals surface area contributed by atoms with E-state index in [1.54, 1.807) is 30.9 Å². The highest BCUT2D eigenvalue weighted by Crippen LogP contribution is 2.15. The molecule has 7 nitrogen and oxygen atoms in total. The van der Waals surface area contributed by atoms with Crippen molar-refractivity contribution < 1.29 is 14.3 Å². The van der Waals surface area contributed by atoms with Crippen molar-refractivity contribution in [2.24, 2.45) is 0 Å². The van der Waals surface area contributed by atoms with E-state index in [4.69, 9.17) is 4.74 Å². The Morgan fingerprint density at radius 2 is 1.91 bits per heavy atom. The van der Waals surface area contributed by atoms with Crippen LogP contribution in [0.2, 0.25) is 0 Å². The second-order valence-corrected chi connectivity index (χ2v) is 6.32. The quantitative estimate of drug-likeness (QED) is 0.624. The Morgan fingerprint density at radius 1 is 1.22 bits per heavy atom. The molecule has 7 heteroatoms. The molecule has 0 aliphatic rings. The smallest absolute Gasteiger partial charge is 0.356 e.